The maximum Gasteiger partial charge on any atom is 0.335 e. The summed E-state index contributed by atoms with van der Waals surface area (Å²) in [5.74, 6) is -1.90. The first-order valence-electron chi connectivity index (χ1n) is 11.8. The van der Waals surface area contributed by atoms with Crippen molar-refractivity contribution in [3.63, 3.8) is 0 Å². The van der Waals surface area contributed by atoms with Crippen molar-refractivity contribution in [2.75, 3.05) is 43.5 Å². The average Bonchev–Trinajstić information content (AvgIpc) is 2.82. The van der Waals surface area contributed by atoms with Crippen molar-refractivity contribution in [3.8, 4) is 0 Å². The summed E-state index contributed by atoms with van der Waals surface area (Å²) in [5, 5.41) is 12.3. The third kappa shape index (κ3) is 7.01. The summed E-state index contributed by atoms with van der Waals surface area (Å²) < 4.78 is 18.9. The molecule has 2 aromatic carbocycles. The number of piperidine rings is 1. The molecule has 0 spiro atoms. The molecule has 1 saturated heterocycles. The molecule has 8 heteroatoms. The number of ether oxygens (including phenoxy) is 1. The van der Waals surface area contributed by atoms with E-state index in [1.54, 1.807) is 12.1 Å². The number of carboxylic acid groups (broad SMARTS) is 1. The van der Waals surface area contributed by atoms with Crippen LogP contribution in [0, 0.1) is 5.82 Å². The lowest BCUT2D eigenvalue weighted by Gasteiger charge is -2.38. The van der Waals surface area contributed by atoms with Crippen LogP contribution in [-0.4, -0.2) is 67.3 Å². The van der Waals surface area contributed by atoms with Gasteiger partial charge < -0.3 is 25.0 Å². The number of carbonyl (C=O) groups excluding carboxylic acids is 1. The van der Waals surface area contributed by atoms with Crippen LogP contribution in [0.1, 0.15) is 53.8 Å². The maximum absolute atomic E-state index is 13.2. The summed E-state index contributed by atoms with van der Waals surface area (Å²) in [6.07, 6.45) is 3.17. The van der Waals surface area contributed by atoms with Crippen LogP contribution in [0.2, 0.25) is 0 Å². The lowest BCUT2D eigenvalue weighted by Crippen LogP contribution is -2.44. The van der Waals surface area contributed by atoms with Gasteiger partial charge in [0, 0.05) is 37.8 Å². The highest BCUT2D eigenvalue weighted by Gasteiger charge is 2.25. The highest BCUT2D eigenvalue weighted by molar-refractivity contribution is 6.06. The van der Waals surface area contributed by atoms with E-state index in [0.29, 0.717) is 17.3 Å². The largest absolute Gasteiger partial charge is 0.478 e. The second-order valence-corrected chi connectivity index (χ2v) is 8.97. The van der Waals surface area contributed by atoms with Gasteiger partial charge in [0.1, 0.15) is 5.82 Å². The van der Waals surface area contributed by atoms with Gasteiger partial charge in [0.15, 0.2) is 0 Å². The lowest BCUT2D eigenvalue weighted by molar-refractivity contribution is 0.0681. The molecule has 0 saturated carbocycles. The van der Waals surface area contributed by atoms with Gasteiger partial charge in [0.05, 0.1) is 23.0 Å². The second kappa shape index (κ2) is 11.9. The quantitative estimate of drug-likeness (QED) is 0.497. The Morgan fingerprint density at radius 1 is 1.15 bits per heavy atom. The Kier molecular flexibility index (Phi) is 9.01. The molecular formula is C26H34FN3O4. The van der Waals surface area contributed by atoms with Gasteiger partial charge in [-0.3, -0.25) is 4.79 Å². The number of nitrogens with one attached hydrogen (secondary N) is 1. The number of anilines is 2. The van der Waals surface area contributed by atoms with E-state index in [1.165, 1.54) is 30.3 Å². The van der Waals surface area contributed by atoms with Gasteiger partial charge in [-0.25, -0.2) is 9.18 Å². The first kappa shape index (κ1) is 25.6. The van der Waals surface area contributed by atoms with Gasteiger partial charge >= 0.3 is 5.97 Å². The summed E-state index contributed by atoms with van der Waals surface area (Å²) in [7, 11) is 2.14. The zero-order chi connectivity index (χ0) is 24.7. The van der Waals surface area contributed by atoms with Crippen LogP contribution in [-0.2, 0) is 4.74 Å². The van der Waals surface area contributed by atoms with Gasteiger partial charge in [-0.15, -0.1) is 0 Å². The average molecular weight is 472 g/mol. The van der Waals surface area contributed by atoms with Crippen molar-refractivity contribution in [1.82, 2.24) is 4.90 Å². The molecule has 0 atom stereocenters. The summed E-state index contributed by atoms with van der Waals surface area (Å²) >= 11 is 0. The van der Waals surface area contributed by atoms with Crippen molar-refractivity contribution >= 4 is 23.3 Å². The van der Waals surface area contributed by atoms with Crippen LogP contribution in [0.15, 0.2) is 42.5 Å². The van der Waals surface area contributed by atoms with E-state index in [1.807, 2.05) is 13.8 Å². The van der Waals surface area contributed by atoms with Crippen LogP contribution in [0.4, 0.5) is 15.8 Å². The van der Waals surface area contributed by atoms with E-state index < -0.39 is 17.7 Å². The zero-order valence-corrected chi connectivity index (χ0v) is 20.1. The molecule has 34 heavy (non-hydrogen) atoms. The number of benzene rings is 2. The number of amides is 1. The highest BCUT2D eigenvalue weighted by atomic mass is 19.1. The minimum absolute atomic E-state index is 0.0939. The van der Waals surface area contributed by atoms with Crippen LogP contribution in [0.3, 0.4) is 0 Å². The van der Waals surface area contributed by atoms with E-state index in [-0.39, 0.29) is 11.7 Å². The summed E-state index contributed by atoms with van der Waals surface area (Å²) in [6.45, 7) is 7.40. The van der Waals surface area contributed by atoms with Crippen LogP contribution < -0.4 is 10.2 Å². The fourth-order valence-corrected chi connectivity index (χ4v) is 4.20. The SMILES string of the molecule is CC(C)OCCCN(C)C1CCN(c2ccc(C(=O)O)cc2NC(=O)c2ccc(F)cc2)CC1. The first-order valence-corrected chi connectivity index (χ1v) is 11.8. The Labute approximate surface area is 200 Å². The molecule has 1 amide bonds. The number of hydrogen-bond acceptors (Lipinski definition) is 5. The standard InChI is InChI=1S/C26H34FN3O4/c1-18(2)34-16-4-13-29(3)22-11-14-30(15-12-22)24-10-7-20(26(32)33)17-23(24)28-25(31)19-5-8-21(27)9-6-19/h5-10,17-18,22H,4,11-16H2,1-3H3,(H,28,31)(H,32,33). The zero-order valence-electron chi connectivity index (χ0n) is 20.1. The minimum Gasteiger partial charge on any atom is -0.478 e. The molecule has 2 aromatic rings. The number of hydrogen-bond donors (Lipinski definition) is 2. The van der Waals surface area contributed by atoms with E-state index in [9.17, 15) is 19.1 Å². The molecular weight excluding hydrogens is 437 g/mol. The number of carboxylic acids is 1. The van der Waals surface area contributed by atoms with Gasteiger partial charge in [0.2, 0.25) is 0 Å². The smallest absolute Gasteiger partial charge is 0.335 e. The normalized spacial score (nSPS) is 14.6. The molecule has 0 aromatic heterocycles. The number of halogens is 1. The Hall–Kier alpha value is -2.97. The molecule has 0 bridgehead atoms. The monoisotopic (exact) mass is 471 g/mol. The van der Waals surface area contributed by atoms with Crippen molar-refractivity contribution < 1.29 is 23.8 Å². The Morgan fingerprint density at radius 3 is 2.41 bits per heavy atom. The molecule has 1 aliphatic heterocycles. The maximum atomic E-state index is 13.2. The third-order valence-corrected chi connectivity index (χ3v) is 6.13. The second-order valence-electron chi connectivity index (χ2n) is 8.97. The fraction of sp³-hybridized carbons (Fsp3) is 0.462. The Morgan fingerprint density at radius 2 is 1.79 bits per heavy atom. The molecule has 1 aliphatic rings. The van der Waals surface area contributed by atoms with E-state index >= 15 is 0 Å². The van der Waals surface area contributed by atoms with Gasteiger partial charge in [-0.1, -0.05) is 0 Å². The molecule has 0 unspecified atom stereocenters. The van der Waals surface area contributed by atoms with Crippen molar-refractivity contribution in [1.29, 1.82) is 0 Å². The van der Waals surface area contributed by atoms with Crippen molar-refractivity contribution in [2.45, 2.75) is 45.3 Å². The van der Waals surface area contributed by atoms with Crippen molar-refractivity contribution in [2.24, 2.45) is 0 Å². The summed E-state index contributed by atoms with van der Waals surface area (Å²) in [4.78, 5) is 28.8. The first-order chi connectivity index (χ1) is 16.2. The number of aromatic carboxylic acids is 1. The molecule has 1 fully saturated rings. The number of rotatable bonds is 10. The topological polar surface area (TPSA) is 82.1 Å². The molecule has 0 radical (unpaired) electrons. The van der Waals surface area contributed by atoms with Crippen molar-refractivity contribution in [3.05, 3.63) is 59.4 Å². The summed E-state index contributed by atoms with van der Waals surface area (Å²) in [5.41, 5.74) is 1.62. The predicted octanol–water partition coefficient (Wildman–Crippen LogP) is 4.49. The predicted molar refractivity (Wildman–Crippen MR) is 131 cm³/mol. The summed E-state index contributed by atoms with van der Waals surface area (Å²) in [6, 6.07) is 10.5. The number of nitrogens with zero attached hydrogens (tertiary/aromatic N) is 2. The molecule has 3 rings (SSSR count). The van der Waals surface area contributed by atoms with Gasteiger partial charge in [-0.2, -0.15) is 0 Å². The highest BCUT2D eigenvalue weighted by Crippen LogP contribution is 2.31. The van der Waals surface area contributed by atoms with Gasteiger partial charge in [0.25, 0.3) is 5.91 Å². The number of carbonyl (C=O) groups is 2. The molecule has 7 nitrogen and oxygen atoms in total. The Balaban J connectivity index is 1.66. The molecule has 184 valence electrons. The Bertz CT molecular complexity index is 973. The molecule has 1 heterocycles. The van der Waals surface area contributed by atoms with E-state index in [0.717, 1.165) is 51.2 Å². The van der Waals surface area contributed by atoms with Crippen LogP contribution >= 0.6 is 0 Å². The molecule has 2 N–H and O–H groups in total. The third-order valence-electron chi connectivity index (χ3n) is 6.13. The van der Waals surface area contributed by atoms with E-state index in [4.69, 9.17) is 4.74 Å². The lowest BCUT2D eigenvalue weighted by atomic mass is 10.0. The van der Waals surface area contributed by atoms with Crippen LogP contribution in [0.5, 0.6) is 0 Å². The van der Waals surface area contributed by atoms with E-state index in [2.05, 4.69) is 22.2 Å². The molecule has 0 aliphatic carbocycles. The minimum atomic E-state index is -1.06. The van der Waals surface area contributed by atoms with Gasteiger partial charge in [-0.05, 0) is 82.6 Å². The fourth-order valence-electron chi connectivity index (χ4n) is 4.20. The van der Waals surface area contributed by atoms with Crippen LogP contribution in [0.25, 0.3) is 0 Å².